The van der Waals surface area contributed by atoms with Crippen molar-refractivity contribution in [2.24, 2.45) is 0 Å². The second-order valence-corrected chi connectivity index (χ2v) is 8.56. The summed E-state index contributed by atoms with van der Waals surface area (Å²) in [6.07, 6.45) is 0. The molecule has 2 aromatic carbocycles. The van der Waals surface area contributed by atoms with Crippen molar-refractivity contribution in [2.75, 3.05) is 12.4 Å². The molecule has 134 valence electrons. The highest BCUT2D eigenvalue weighted by molar-refractivity contribution is 7.89. The minimum absolute atomic E-state index is 0.126. The van der Waals surface area contributed by atoms with Crippen molar-refractivity contribution in [1.29, 1.82) is 0 Å². The van der Waals surface area contributed by atoms with Crippen LogP contribution >= 0.6 is 23.2 Å². The van der Waals surface area contributed by atoms with Gasteiger partial charge in [0.2, 0.25) is 10.0 Å². The number of hydrogen-bond donors (Lipinski definition) is 1. The summed E-state index contributed by atoms with van der Waals surface area (Å²) in [5.41, 5.74) is 0.692. The van der Waals surface area contributed by atoms with E-state index in [1.807, 2.05) is 0 Å². The molecule has 0 aliphatic rings. The van der Waals surface area contributed by atoms with Crippen LogP contribution in [0.5, 0.6) is 0 Å². The number of benzene rings is 2. The third-order valence-electron chi connectivity index (χ3n) is 3.70. The number of hydrogen-bond acceptors (Lipinski definition) is 3. The van der Waals surface area contributed by atoms with Crippen LogP contribution in [0.15, 0.2) is 47.4 Å². The molecular weight excluding hydrogens is 383 g/mol. The third-order valence-corrected chi connectivity index (χ3v) is 6.31. The van der Waals surface area contributed by atoms with Crippen molar-refractivity contribution in [2.45, 2.75) is 24.8 Å². The molecule has 0 bridgehead atoms. The predicted octanol–water partition coefficient (Wildman–Crippen LogP) is 4.27. The van der Waals surface area contributed by atoms with Crippen LogP contribution in [0.4, 0.5) is 5.69 Å². The van der Waals surface area contributed by atoms with E-state index in [0.29, 0.717) is 21.3 Å². The van der Waals surface area contributed by atoms with Crippen molar-refractivity contribution < 1.29 is 13.2 Å². The van der Waals surface area contributed by atoms with Crippen molar-refractivity contribution in [3.05, 3.63) is 58.1 Å². The molecule has 2 rings (SSSR count). The molecule has 0 aliphatic heterocycles. The minimum Gasteiger partial charge on any atom is -0.321 e. The van der Waals surface area contributed by atoms with Crippen LogP contribution < -0.4 is 5.32 Å². The van der Waals surface area contributed by atoms with Crippen LogP contribution in [0, 0.1) is 0 Å². The summed E-state index contributed by atoms with van der Waals surface area (Å²) in [5.74, 6) is -0.412. The van der Waals surface area contributed by atoms with Crippen molar-refractivity contribution >= 4 is 44.8 Å². The van der Waals surface area contributed by atoms with E-state index in [2.05, 4.69) is 5.32 Å². The van der Waals surface area contributed by atoms with Crippen molar-refractivity contribution in [3.8, 4) is 0 Å². The molecule has 25 heavy (non-hydrogen) atoms. The summed E-state index contributed by atoms with van der Waals surface area (Å²) in [7, 11) is -2.07. The third kappa shape index (κ3) is 4.52. The van der Waals surface area contributed by atoms with Crippen LogP contribution in [0.3, 0.4) is 0 Å². The van der Waals surface area contributed by atoms with Gasteiger partial charge in [0.05, 0.1) is 15.6 Å². The Bertz CT molecular complexity index is 881. The van der Waals surface area contributed by atoms with E-state index in [1.54, 1.807) is 26.0 Å². The Morgan fingerprint density at radius 3 is 2.24 bits per heavy atom. The van der Waals surface area contributed by atoms with Gasteiger partial charge in [0.25, 0.3) is 5.91 Å². The Balaban J connectivity index is 2.22. The fourth-order valence-corrected chi connectivity index (χ4v) is 3.71. The first-order valence-electron chi connectivity index (χ1n) is 7.47. The molecule has 1 amide bonds. The molecule has 0 heterocycles. The van der Waals surface area contributed by atoms with Crippen LogP contribution in [0.25, 0.3) is 0 Å². The lowest BCUT2D eigenvalue weighted by molar-refractivity contribution is 0.102. The fourth-order valence-electron chi connectivity index (χ4n) is 2.01. The second kappa shape index (κ2) is 7.74. The van der Waals surface area contributed by atoms with E-state index >= 15 is 0 Å². The van der Waals surface area contributed by atoms with Gasteiger partial charge >= 0.3 is 0 Å². The number of anilines is 1. The number of nitrogens with zero attached hydrogens (tertiary/aromatic N) is 1. The Hall–Kier alpha value is -1.60. The molecule has 0 spiro atoms. The molecule has 0 aromatic heterocycles. The summed E-state index contributed by atoms with van der Waals surface area (Å²) in [4.78, 5) is 12.4. The molecule has 1 N–H and O–H groups in total. The molecule has 0 atom stereocenters. The van der Waals surface area contributed by atoms with E-state index in [-0.39, 0.29) is 10.9 Å². The highest BCUT2D eigenvalue weighted by Gasteiger charge is 2.23. The summed E-state index contributed by atoms with van der Waals surface area (Å²) in [6, 6.07) is 10.3. The lowest BCUT2D eigenvalue weighted by atomic mass is 10.2. The van der Waals surface area contributed by atoms with Gasteiger partial charge in [-0.1, -0.05) is 23.2 Å². The Morgan fingerprint density at radius 2 is 1.68 bits per heavy atom. The van der Waals surface area contributed by atoms with Crippen LogP contribution in [-0.4, -0.2) is 31.7 Å². The average Bonchev–Trinajstić information content (AvgIpc) is 2.57. The highest BCUT2D eigenvalue weighted by Crippen LogP contribution is 2.26. The van der Waals surface area contributed by atoms with Crippen LogP contribution in [0.2, 0.25) is 10.0 Å². The van der Waals surface area contributed by atoms with Crippen molar-refractivity contribution in [1.82, 2.24) is 4.31 Å². The highest BCUT2D eigenvalue weighted by atomic mass is 35.5. The van der Waals surface area contributed by atoms with Crippen molar-refractivity contribution in [3.63, 3.8) is 0 Å². The zero-order valence-electron chi connectivity index (χ0n) is 14.0. The topological polar surface area (TPSA) is 66.5 Å². The quantitative estimate of drug-likeness (QED) is 0.814. The molecule has 0 unspecified atom stereocenters. The summed E-state index contributed by atoms with van der Waals surface area (Å²) in [5, 5.41) is 3.45. The number of carbonyl (C=O) groups excluding carboxylic acids is 1. The molecule has 0 saturated carbocycles. The Morgan fingerprint density at radius 1 is 1.08 bits per heavy atom. The maximum absolute atomic E-state index is 12.4. The first-order valence-corrected chi connectivity index (χ1v) is 9.67. The maximum atomic E-state index is 12.4. The SMILES string of the molecule is CC(C)N(C)S(=O)(=O)c1ccc(C(=O)Nc2cc(Cl)ccc2Cl)cc1. The number of nitrogens with one attached hydrogen (secondary N) is 1. The van der Waals surface area contributed by atoms with Crippen LogP contribution in [-0.2, 0) is 10.0 Å². The molecular formula is C17H18Cl2N2O3S. The van der Waals surface area contributed by atoms with Gasteiger partial charge in [0, 0.05) is 23.7 Å². The smallest absolute Gasteiger partial charge is 0.255 e. The lowest BCUT2D eigenvalue weighted by Crippen LogP contribution is -2.33. The molecule has 0 fully saturated rings. The maximum Gasteiger partial charge on any atom is 0.255 e. The van der Waals surface area contributed by atoms with Gasteiger partial charge in [-0.3, -0.25) is 4.79 Å². The van der Waals surface area contributed by atoms with E-state index in [0.717, 1.165) is 0 Å². The molecule has 0 aliphatic carbocycles. The number of halogens is 2. The van der Waals surface area contributed by atoms with Gasteiger partial charge in [0.1, 0.15) is 0 Å². The van der Waals surface area contributed by atoms with Gasteiger partial charge in [-0.25, -0.2) is 8.42 Å². The summed E-state index contributed by atoms with van der Waals surface area (Å²) >= 11 is 11.9. The lowest BCUT2D eigenvalue weighted by Gasteiger charge is -2.21. The van der Waals surface area contributed by atoms with Gasteiger partial charge in [-0.2, -0.15) is 4.31 Å². The monoisotopic (exact) mass is 400 g/mol. The molecule has 2 aromatic rings. The molecule has 0 saturated heterocycles. The zero-order chi connectivity index (χ0) is 18.8. The number of sulfonamides is 1. The number of rotatable bonds is 5. The predicted molar refractivity (Wildman–Crippen MR) is 101 cm³/mol. The van der Waals surface area contributed by atoms with Crippen LogP contribution in [0.1, 0.15) is 24.2 Å². The van der Waals surface area contributed by atoms with Gasteiger partial charge in [0.15, 0.2) is 0 Å². The number of amides is 1. The first kappa shape index (κ1) is 19.7. The fraction of sp³-hybridized carbons (Fsp3) is 0.235. The van der Waals surface area contributed by atoms with Gasteiger partial charge < -0.3 is 5.32 Å². The number of carbonyl (C=O) groups is 1. The first-order chi connectivity index (χ1) is 11.6. The second-order valence-electron chi connectivity index (χ2n) is 5.72. The standard InChI is InChI=1S/C17H18Cl2N2O3S/c1-11(2)21(3)25(23,24)14-7-4-12(5-8-14)17(22)20-16-10-13(18)6-9-15(16)19/h4-11H,1-3H3,(H,20,22). The normalized spacial score (nSPS) is 11.8. The average molecular weight is 401 g/mol. The van der Waals surface area contributed by atoms with Gasteiger partial charge in [-0.15, -0.1) is 0 Å². The van der Waals surface area contributed by atoms with E-state index in [1.165, 1.54) is 41.7 Å². The Kier molecular flexibility index (Phi) is 6.11. The largest absolute Gasteiger partial charge is 0.321 e. The minimum atomic E-state index is -3.59. The Labute approximate surface area is 157 Å². The molecule has 8 heteroatoms. The zero-order valence-corrected chi connectivity index (χ0v) is 16.3. The summed E-state index contributed by atoms with van der Waals surface area (Å²) < 4.78 is 26.1. The molecule has 0 radical (unpaired) electrons. The summed E-state index contributed by atoms with van der Waals surface area (Å²) in [6.45, 7) is 3.57. The van der Waals surface area contributed by atoms with E-state index in [9.17, 15) is 13.2 Å². The van der Waals surface area contributed by atoms with E-state index in [4.69, 9.17) is 23.2 Å². The van der Waals surface area contributed by atoms with E-state index < -0.39 is 15.9 Å². The molecule has 5 nitrogen and oxygen atoms in total. The van der Waals surface area contributed by atoms with Gasteiger partial charge in [-0.05, 0) is 56.3 Å².